The van der Waals surface area contributed by atoms with Crippen molar-refractivity contribution in [1.29, 1.82) is 0 Å². The number of hydrogen-bond donors (Lipinski definition) is 2. The maximum absolute atomic E-state index is 13.3. The van der Waals surface area contributed by atoms with Gasteiger partial charge in [0.1, 0.15) is 11.4 Å². The number of pyridine rings is 1. The number of rotatable bonds is 7. The zero-order chi connectivity index (χ0) is 25.7. The molecule has 1 atom stereocenters. The zero-order valence-electron chi connectivity index (χ0n) is 21.6. The summed E-state index contributed by atoms with van der Waals surface area (Å²) in [7, 11) is 0. The number of anilines is 1. The van der Waals surface area contributed by atoms with Gasteiger partial charge in [-0.1, -0.05) is 32.0 Å². The van der Waals surface area contributed by atoms with E-state index in [-0.39, 0.29) is 17.7 Å². The number of imide groups is 1. The third kappa shape index (κ3) is 4.58. The van der Waals surface area contributed by atoms with E-state index in [4.69, 9.17) is 4.98 Å². The Morgan fingerprint density at radius 1 is 1.03 bits per heavy atom. The molecule has 6 rings (SSSR count). The van der Waals surface area contributed by atoms with Gasteiger partial charge in [-0.15, -0.1) is 0 Å². The highest BCUT2D eigenvalue weighted by molar-refractivity contribution is 6.07. The van der Waals surface area contributed by atoms with Crippen LogP contribution in [0.5, 0.6) is 0 Å². The van der Waals surface area contributed by atoms with Crippen molar-refractivity contribution in [3.8, 4) is 0 Å². The molecule has 4 aliphatic rings. The minimum atomic E-state index is -1.10. The summed E-state index contributed by atoms with van der Waals surface area (Å²) in [5, 5.41) is 5.19. The van der Waals surface area contributed by atoms with Crippen LogP contribution in [0.4, 0.5) is 10.6 Å². The molecule has 8 nitrogen and oxygen atoms in total. The highest BCUT2D eigenvalue weighted by atomic mass is 16.2. The monoisotopic (exact) mass is 501 g/mol. The summed E-state index contributed by atoms with van der Waals surface area (Å²) < 4.78 is 0. The topological polar surface area (TPSA) is 94.6 Å². The van der Waals surface area contributed by atoms with Crippen molar-refractivity contribution in [2.45, 2.75) is 63.3 Å². The van der Waals surface area contributed by atoms with Crippen molar-refractivity contribution >= 4 is 23.7 Å². The Balaban J connectivity index is 1.13. The van der Waals surface area contributed by atoms with Gasteiger partial charge in [0, 0.05) is 37.9 Å². The average Bonchev–Trinajstić information content (AvgIpc) is 3.81. The first-order chi connectivity index (χ1) is 17.8. The maximum Gasteiger partial charge on any atom is 0.322 e. The zero-order valence-corrected chi connectivity index (χ0v) is 21.6. The SMILES string of the molecule is CC(C)CC1(c2ccc(C(=O)N3CCN(c4ncc(C5CC5)cc4C4CC4)CC3)cc2)NC(=O)NC1=O. The van der Waals surface area contributed by atoms with Crippen molar-refractivity contribution in [2.24, 2.45) is 5.92 Å². The predicted octanol–water partition coefficient (Wildman–Crippen LogP) is 3.88. The molecule has 3 heterocycles. The molecule has 0 radical (unpaired) electrons. The van der Waals surface area contributed by atoms with Gasteiger partial charge >= 0.3 is 6.03 Å². The van der Waals surface area contributed by atoms with E-state index in [9.17, 15) is 14.4 Å². The van der Waals surface area contributed by atoms with Gasteiger partial charge in [0.25, 0.3) is 11.8 Å². The van der Waals surface area contributed by atoms with Crippen LogP contribution in [0.15, 0.2) is 36.5 Å². The first kappa shape index (κ1) is 23.9. The number of aromatic nitrogens is 1. The molecule has 2 saturated heterocycles. The molecule has 4 amide bonds. The van der Waals surface area contributed by atoms with Gasteiger partial charge in [0.2, 0.25) is 0 Å². The van der Waals surface area contributed by atoms with Crippen LogP contribution in [0.3, 0.4) is 0 Å². The van der Waals surface area contributed by atoms with E-state index in [1.165, 1.54) is 36.8 Å². The van der Waals surface area contributed by atoms with E-state index in [1.54, 1.807) is 24.3 Å². The lowest BCUT2D eigenvalue weighted by atomic mass is 9.82. The third-order valence-corrected chi connectivity index (χ3v) is 8.13. The second-order valence-electron chi connectivity index (χ2n) is 11.5. The molecular formula is C29H35N5O3. The van der Waals surface area contributed by atoms with Gasteiger partial charge in [-0.25, -0.2) is 9.78 Å². The van der Waals surface area contributed by atoms with Crippen molar-refractivity contribution in [2.75, 3.05) is 31.1 Å². The van der Waals surface area contributed by atoms with E-state index in [0.717, 1.165) is 18.9 Å². The molecule has 0 bridgehead atoms. The molecule has 4 fully saturated rings. The second kappa shape index (κ2) is 9.15. The van der Waals surface area contributed by atoms with E-state index < -0.39 is 11.6 Å². The lowest BCUT2D eigenvalue weighted by molar-refractivity contribution is -0.124. The Morgan fingerprint density at radius 2 is 1.70 bits per heavy atom. The molecule has 2 aliphatic carbocycles. The van der Waals surface area contributed by atoms with E-state index in [0.29, 0.717) is 42.5 Å². The maximum atomic E-state index is 13.3. The number of urea groups is 1. The van der Waals surface area contributed by atoms with Gasteiger partial charge in [-0.05, 0) is 78.7 Å². The summed E-state index contributed by atoms with van der Waals surface area (Å²) in [5.41, 5.74) is 2.98. The van der Waals surface area contributed by atoms with Crippen LogP contribution in [-0.2, 0) is 10.3 Å². The Kier molecular flexibility index (Phi) is 5.92. The molecule has 2 aromatic rings. The van der Waals surface area contributed by atoms with Gasteiger partial charge in [0.05, 0.1) is 0 Å². The molecule has 37 heavy (non-hydrogen) atoms. The number of nitrogens with one attached hydrogen (secondary N) is 2. The quantitative estimate of drug-likeness (QED) is 0.562. The fourth-order valence-electron chi connectivity index (χ4n) is 5.86. The van der Waals surface area contributed by atoms with Crippen LogP contribution in [0.1, 0.15) is 84.8 Å². The lowest BCUT2D eigenvalue weighted by Gasteiger charge is -2.36. The first-order valence-electron chi connectivity index (χ1n) is 13.6. The Hall–Kier alpha value is -3.42. The number of nitrogens with zero attached hydrogens (tertiary/aromatic N) is 3. The van der Waals surface area contributed by atoms with Crippen molar-refractivity contribution in [3.63, 3.8) is 0 Å². The summed E-state index contributed by atoms with van der Waals surface area (Å²) in [5.74, 6) is 2.30. The van der Waals surface area contributed by atoms with Crippen LogP contribution in [0.25, 0.3) is 0 Å². The van der Waals surface area contributed by atoms with Crippen LogP contribution in [-0.4, -0.2) is 53.9 Å². The summed E-state index contributed by atoms with van der Waals surface area (Å²) in [6.07, 6.45) is 7.62. The molecule has 2 N–H and O–H groups in total. The van der Waals surface area contributed by atoms with Crippen molar-refractivity contribution < 1.29 is 14.4 Å². The summed E-state index contributed by atoms with van der Waals surface area (Å²) in [6, 6.07) is 9.05. The largest absolute Gasteiger partial charge is 0.353 e. The predicted molar refractivity (Wildman–Crippen MR) is 141 cm³/mol. The van der Waals surface area contributed by atoms with Crippen LogP contribution < -0.4 is 15.5 Å². The van der Waals surface area contributed by atoms with Crippen molar-refractivity contribution in [1.82, 2.24) is 20.5 Å². The highest BCUT2D eigenvalue weighted by Crippen LogP contribution is 2.47. The molecule has 2 saturated carbocycles. The van der Waals surface area contributed by atoms with Gasteiger partial charge in [-0.3, -0.25) is 14.9 Å². The fraction of sp³-hybridized carbons (Fsp3) is 0.517. The highest BCUT2D eigenvalue weighted by Gasteiger charge is 2.47. The molecule has 1 aromatic carbocycles. The molecule has 1 aromatic heterocycles. The number of amides is 4. The van der Waals surface area contributed by atoms with E-state index >= 15 is 0 Å². The Labute approximate surface area is 217 Å². The Bertz CT molecular complexity index is 1230. The van der Waals surface area contributed by atoms with Gasteiger partial charge in [-0.2, -0.15) is 0 Å². The summed E-state index contributed by atoms with van der Waals surface area (Å²) in [6.45, 7) is 6.86. The van der Waals surface area contributed by atoms with E-state index in [2.05, 4.69) is 27.8 Å². The van der Waals surface area contributed by atoms with Gasteiger partial charge in [0.15, 0.2) is 0 Å². The normalized spacial score (nSPS) is 23.9. The minimum Gasteiger partial charge on any atom is -0.353 e. The molecular weight excluding hydrogens is 466 g/mol. The van der Waals surface area contributed by atoms with Crippen LogP contribution in [0, 0.1) is 5.92 Å². The number of piperazine rings is 1. The molecule has 8 heteroatoms. The number of benzene rings is 1. The first-order valence-corrected chi connectivity index (χ1v) is 13.6. The fourth-order valence-corrected chi connectivity index (χ4v) is 5.86. The summed E-state index contributed by atoms with van der Waals surface area (Å²) in [4.78, 5) is 47.1. The summed E-state index contributed by atoms with van der Waals surface area (Å²) >= 11 is 0. The Morgan fingerprint density at radius 3 is 2.27 bits per heavy atom. The number of hydrogen-bond acceptors (Lipinski definition) is 5. The average molecular weight is 502 g/mol. The van der Waals surface area contributed by atoms with E-state index in [1.807, 2.05) is 18.7 Å². The second-order valence-corrected chi connectivity index (χ2v) is 11.5. The molecule has 2 aliphatic heterocycles. The minimum absolute atomic E-state index is 0.0107. The van der Waals surface area contributed by atoms with Gasteiger partial charge < -0.3 is 15.1 Å². The smallest absolute Gasteiger partial charge is 0.322 e. The molecule has 0 spiro atoms. The van der Waals surface area contributed by atoms with Crippen molar-refractivity contribution in [3.05, 3.63) is 58.8 Å². The third-order valence-electron chi connectivity index (χ3n) is 8.13. The molecule has 1 unspecified atom stereocenters. The van der Waals surface area contributed by atoms with Crippen LogP contribution in [0.2, 0.25) is 0 Å². The lowest BCUT2D eigenvalue weighted by Crippen LogP contribution is -2.49. The van der Waals surface area contributed by atoms with Crippen LogP contribution >= 0.6 is 0 Å². The standard InChI is InChI=1S/C29H35N5O3/c1-18(2)16-29(27(36)31-28(37)32-29)23-9-7-21(8-10-23)26(35)34-13-11-33(12-14-34)25-24(20-5-6-20)15-22(17-30-25)19-3-4-19/h7-10,15,17-20H,3-6,11-14,16H2,1-2H3,(H2,31,32,36,37). The number of carbonyl (C=O) groups is 3. The molecule has 194 valence electrons. The number of carbonyl (C=O) groups excluding carboxylic acids is 3.